The molecule has 1 aromatic carbocycles. The molecule has 8 N–H and O–H groups in total. The van der Waals surface area contributed by atoms with Crippen molar-refractivity contribution >= 4 is 46.4 Å². The van der Waals surface area contributed by atoms with Crippen LogP contribution in [0.5, 0.6) is 5.75 Å². The number of fused-ring (bicyclic) bond motifs is 1. The first-order chi connectivity index (χ1) is 18.6. The number of rotatable bonds is 10. The van der Waals surface area contributed by atoms with Crippen LogP contribution in [0.4, 0.5) is 5.82 Å². The van der Waals surface area contributed by atoms with Crippen molar-refractivity contribution in [1.29, 1.82) is 0 Å². The maximum Gasteiger partial charge on any atom is 0.490 e. The average Bonchev–Trinajstić information content (AvgIpc) is 3.38. The molecule has 3 heterocycles. The Morgan fingerprint density at radius 1 is 1.02 bits per heavy atom. The number of hydrogen-bond acceptors (Lipinski definition) is 15. The van der Waals surface area contributed by atoms with Crippen molar-refractivity contribution in [3.05, 3.63) is 42.5 Å². The molecule has 4 rings (SSSR count). The zero-order valence-corrected chi connectivity index (χ0v) is 22.2. The second-order valence-corrected chi connectivity index (χ2v) is 12.4. The van der Waals surface area contributed by atoms with Crippen molar-refractivity contribution in [2.45, 2.75) is 24.5 Å². The van der Waals surface area contributed by atoms with Crippen LogP contribution in [0.15, 0.2) is 36.9 Å². The van der Waals surface area contributed by atoms with Crippen molar-refractivity contribution in [2.75, 3.05) is 12.3 Å². The van der Waals surface area contributed by atoms with Crippen molar-refractivity contribution < 1.29 is 70.9 Å². The van der Waals surface area contributed by atoms with Gasteiger partial charge in [0, 0.05) is 0 Å². The normalized spacial score (nSPS) is 24.4. The van der Waals surface area contributed by atoms with E-state index in [1.54, 1.807) is 0 Å². The van der Waals surface area contributed by atoms with Crippen LogP contribution in [0.3, 0.4) is 0 Å². The number of phosphoric ester groups is 1. The minimum atomic E-state index is -5.79. The monoisotopic (exact) mass is 627 g/mol. The summed E-state index contributed by atoms with van der Waals surface area (Å²) in [5.41, 5.74) is 5.98. The molecule has 1 aliphatic heterocycles. The summed E-state index contributed by atoms with van der Waals surface area (Å²) in [4.78, 5) is 61.0. The lowest BCUT2D eigenvalue weighted by Gasteiger charge is -2.22. The third kappa shape index (κ3) is 7.08. The van der Waals surface area contributed by atoms with Gasteiger partial charge < -0.3 is 45.0 Å². The van der Waals surface area contributed by atoms with Crippen LogP contribution in [0.1, 0.15) is 16.6 Å². The zero-order valence-electron chi connectivity index (χ0n) is 19.5. The lowest BCUT2D eigenvalue weighted by Crippen LogP contribution is -2.37. The molecule has 2 aromatic heterocycles. The number of phenolic OH excluding ortho intramolecular Hbond substituents is 1. The Labute approximate surface area is 222 Å². The van der Waals surface area contributed by atoms with Crippen LogP contribution in [-0.4, -0.2) is 80.2 Å². The van der Waals surface area contributed by atoms with Crippen LogP contribution < -0.4 is 5.73 Å². The predicted octanol–water partition coefficient (Wildman–Crippen LogP) is -0.0587. The summed E-state index contributed by atoms with van der Waals surface area (Å²) in [5.74, 6) is -1.11. The smallest absolute Gasteiger partial charge is 0.490 e. The zero-order chi connectivity index (χ0) is 29.5. The summed E-state index contributed by atoms with van der Waals surface area (Å²) in [6, 6.07) is 4.90. The third-order valence-electron chi connectivity index (χ3n) is 5.14. The molecule has 40 heavy (non-hydrogen) atoms. The van der Waals surface area contributed by atoms with E-state index in [2.05, 4.69) is 28.1 Å². The van der Waals surface area contributed by atoms with Gasteiger partial charge in [-0.05, 0) is 24.3 Å². The molecule has 23 heteroatoms. The molecular formula is C17H20N5O15P3. The van der Waals surface area contributed by atoms with Gasteiger partial charge in [0.15, 0.2) is 23.8 Å². The molecule has 20 nitrogen and oxygen atoms in total. The van der Waals surface area contributed by atoms with E-state index >= 15 is 0 Å². The first kappa shape index (κ1) is 30.1. The van der Waals surface area contributed by atoms with E-state index in [0.717, 1.165) is 6.33 Å². The minimum absolute atomic E-state index is 0.0101. The number of aromatic nitrogens is 4. The van der Waals surface area contributed by atoms with Gasteiger partial charge in [-0.2, -0.15) is 8.62 Å². The number of ether oxygens (including phenoxy) is 2. The van der Waals surface area contributed by atoms with E-state index < -0.39 is 60.6 Å². The van der Waals surface area contributed by atoms with Crippen LogP contribution in [-0.2, 0) is 36.3 Å². The summed E-state index contributed by atoms with van der Waals surface area (Å²) in [6.45, 7) is -1.04. The number of phosphoric acid groups is 3. The third-order valence-corrected chi connectivity index (χ3v) is 8.94. The van der Waals surface area contributed by atoms with Crippen LogP contribution in [0, 0.1) is 0 Å². The van der Waals surface area contributed by atoms with E-state index in [9.17, 15) is 38.5 Å². The number of hydrogen-bond donors (Lipinski definition) is 7. The topological polar surface area (TPSA) is 305 Å². The predicted molar refractivity (Wildman–Crippen MR) is 127 cm³/mol. The van der Waals surface area contributed by atoms with Gasteiger partial charge in [-0.1, -0.05) is 0 Å². The van der Waals surface area contributed by atoms with Crippen LogP contribution in [0.2, 0.25) is 0 Å². The molecule has 1 fully saturated rings. The number of benzene rings is 1. The maximum absolute atomic E-state index is 12.8. The Morgan fingerprint density at radius 2 is 1.70 bits per heavy atom. The number of carbonyl (C=O) groups excluding carboxylic acids is 1. The lowest BCUT2D eigenvalue weighted by molar-refractivity contribution is -0.0558. The number of aliphatic hydroxyl groups is 1. The first-order valence-electron chi connectivity index (χ1n) is 10.6. The van der Waals surface area contributed by atoms with E-state index in [1.807, 2.05) is 0 Å². The lowest BCUT2D eigenvalue weighted by atomic mass is 10.1. The van der Waals surface area contributed by atoms with E-state index in [-0.39, 0.29) is 28.3 Å². The largest absolute Gasteiger partial charge is 0.508 e. The quantitative estimate of drug-likeness (QED) is 0.114. The highest BCUT2D eigenvalue weighted by Crippen LogP contribution is 2.66. The summed E-state index contributed by atoms with van der Waals surface area (Å²) >= 11 is 0. The van der Waals surface area contributed by atoms with Gasteiger partial charge in [0.25, 0.3) is 0 Å². The van der Waals surface area contributed by atoms with Crippen LogP contribution in [0.25, 0.3) is 11.2 Å². The fourth-order valence-corrected chi connectivity index (χ4v) is 6.55. The maximum atomic E-state index is 12.8. The molecule has 2 unspecified atom stereocenters. The Hall–Kier alpha value is -2.83. The standard InChI is InChI=1S/C17H20N5O15P3/c18-14-11-15(20-6-19-14)22(7-21-11)16-13(35-17(25)8-1-3-9(23)4-2-8)12(24)10(34-16)5-33-39(29,30)37-40(31,32)36-38(26,27)28/h1-4,6-7,10,12-13,16,23-24H,5H2,(H,29,30)(H,31,32)(H2,18,19,20)(H2,26,27,28)/t10-,12-,13-,16-/m1/s1. The van der Waals surface area contributed by atoms with Crippen molar-refractivity contribution in [3.8, 4) is 5.75 Å². The van der Waals surface area contributed by atoms with E-state index in [0.29, 0.717) is 0 Å². The molecule has 1 aliphatic rings. The molecular weight excluding hydrogens is 607 g/mol. The molecule has 0 aliphatic carbocycles. The Balaban J connectivity index is 1.57. The van der Waals surface area contributed by atoms with E-state index in [4.69, 9.17) is 25.0 Å². The molecule has 3 aromatic rings. The molecule has 0 saturated carbocycles. The molecule has 6 atom stereocenters. The van der Waals surface area contributed by atoms with Gasteiger partial charge in [-0.3, -0.25) is 9.09 Å². The number of nitrogens with two attached hydrogens (primary N) is 1. The fourth-order valence-electron chi connectivity index (χ4n) is 3.52. The van der Waals surface area contributed by atoms with Gasteiger partial charge in [-0.15, -0.1) is 0 Å². The van der Waals surface area contributed by atoms with Crippen molar-refractivity contribution in [2.24, 2.45) is 0 Å². The molecule has 0 bridgehead atoms. The Bertz CT molecular complexity index is 1540. The number of nitrogen functional groups attached to an aromatic ring is 1. The SMILES string of the molecule is Nc1ncnc2c1ncn2[C@@H]1O[C@H](COP(=O)(O)OP(=O)(O)OP(=O)(O)O)[C@@H](O)[C@H]1OC(=O)c1ccc(O)cc1. The number of phenols is 1. The molecule has 218 valence electrons. The van der Waals surface area contributed by atoms with E-state index in [1.165, 1.54) is 35.2 Å². The highest BCUT2D eigenvalue weighted by molar-refractivity contribution is 7.66. The van der Waals surface area contributed by atoms with Gasteiger partial charge in [0.05, 0.1) is 18.5 Å². The molecule has 0 spiro atoms. The van der Waals surface area contributed by atoms with Crippen molar-refractivity contribution in [1.82, 2.24) is 19.5 Å². The van der Waals surface area contributed by atoms with Gasteiger partial charge in [0.2, 0.25) is 0 Å². The van der Waals surface area contributed by atoms with Crippen LogP contribution >= 0.6 is 23.5 Å². The van der Waals surface area contributed by atoms with Gasteiger partial charge in [0.1, 0.15) is 29.8 Å². The molecule has 0 amide bonds. The first-order valence-corrected chi connectivity index (χ1v) is 15.1. The van der Waals surface area contributed by atoms with Crippen molar-refractivity contribution in [3.63, 3.8) is 0 Å². The number of aromatic hydroxyl groups is 1. The van der Waals surface area contributed by atoms with Gasteiger partial charge in [-0.25, -0.2) is 33.4 Å². The second-order valence-electron chi connectivity index (χ2n) is 7.94. The summed E-state index contributed by atoms with van der Waals surface area (Å²) in [6.07, 6.45) is -4.03. The average molecular weight is 627 g/mol. The van der Waals surface area contributed by atoms with Gasteiger partial charge >= 0.3 is 29.4 Å². The highest BCUT2D eigenvalue weighted by atomic mass is 31.3. The highest BCUT2D eigenvalue weighted by Gasteiger charge is 2.49. The number of esters is 1. The Morgan fingerprint density at radius 3 is 2.35 bits per heavy atom. The summed E-state index contributed by atoms with van der Waals surface area (Å²) in [7, 11) is -17.0. The summed E-state index contributed by atoms with van der Waals surface area (Å²) in [5, 5.41) is 20.4. The summed E-state index contributed by atoms with van der Waals surface area (Å²) < 4.78 is 58.7. The number of aliphatic hydroxyl groups excluding tert-OH is 1. The number of anilines is 1. The number of nitrogens with zero attached hydrogens (tertiary/aromatic N) is 4. The fraction of sp³-hybridized carbons (Fsp3) is 0.294. The second kappa shape index (κ2) is 11.2. The Kier molecular flexibility index (Phi) is 8.45. The molecule has 1 saturated heterocycles. The number of carbonyl (C=O) groups is 1. The number of imidazole rings is 1. The minimum Gasteiger partial charge on any atom is -0.508 e. The molecule has 0 radical (unpaired) electrons.